The van der Waals surface area contributed by atoms with Gasteiger partial charge in [0.05, 0.1) is 6.61 Å². The van der Waals surface area contributed by atoms with Crippen molar-refractivity contribution in [1.29, 1.82) is 0 Å². The average Bonchev–Trinajstić information content (AvgIpc) is 1.67. The number of rotatable bonds is 3. The first kappa shape index (κ1) is 13.0. The number of phosphoric acid groups is 1. The van der Waals surface area contributed by atoms with E-state index in [-0.39, 0.29) is 44.3 Å². The van der Waals surface area contributed by atoms with E-state index in [0.29, 0.717) is 0 Å². The van der Waals surface area contributed by atoms with Gasteiger partial charge in [0.2, 0.25) is 0 Å². The summed E-state index contributed by atoms with van der Waals surface area (Å²) in [6.45, 7) is 1.66. The molecule has 9 heavy (non-hydrogen) atoms. The molecule has 54 valence electrons. The molecule has 0 aromatic rings. The van der Waals surface area contributed by atoms with Gasteiger partial charge in [-0.05, 0) is 6.92 Å². The fourth-order valence-corrected chi connectivity index (χ4v) is 0.581. The Morgan fingerprint density at radius 3 is 2.33 bits per heavy atom. The van der Waals surface area contributed by atoms with Gasteiger partial charge in [0.1, 0.15) is 0 Å². The minimum atomic E-state index is -3.90. The second kappa shape index (κ2) is 6.07. The molecule has 0 radical (unpaired) electrons. The third kappa shape index (κ3) is 7.22. The second-order valence-electron chi connectivity index (χ2n) is 0.992. The summed E-state index contributed by atoms with van der Waals surface area (Å²) in [5.41, 5.74) is 0. The Kier molecular flexibility index (Phi) is 8.74. The molecule has 0 bridgehead atoms. The molecule has 0 saturated heterocycles. The first-order valence-electron chi connectivity index (χ1n) is 1.98. The SMILES string of the molecule is CCOP(=O)(O)ON.[CaH2]. The Hall–Kier alpha value is 1.33. The first-order valence-corrected chi connectivity index (χ1v) is 3.47. The summed E-state index contributed by atoms with van der Waals surface area (Å²) in [6, 6.07) is 0. The van der Waals surface area contributed by atoms with Gasteiger partial charge in [-0.15, -0.1) is 0 Å². The quantitative estimate of drug-likeness (QED) is 0.336. The molecule has 3 N–H and O–H groups in total. The number of phosphoric ester groups is 1. The van der Waals surface area contributed by atoms with Crippen LogP contribution in [0.3, 0.4) is 0 Å². The van der Waals surface area contributed by atoms with E-state index >= 15 is 0 Å². The van der Waals surface area contributed by atoms with Crippen LogP contribution in [0.25, 0.3) is 0 Å². The molecule has 0 aromatic carbocycles. The standard InChI is InChI=1S/C2H8NO4P.Ca.2H/c1-2-6-8(4,5)7-3;;;/h2-3H2,1H3,(H,4,5);;;. The van der Waals surface area contributed by atoms with E-state index in [0.717, 1.165) is 0 Å². The summed E-state index contributed by atoms with van der Waals surface area (Å²) >= 11 is 0. The molecule has 0 aromatic heterocycles. The van der Waals surface area contributed by atoms with Crippen molar-refractivity contribution in [2.45, 2.75) is 6.92 Å². The van der Waals surface area contributed by atoms with Crippen molar-refractivity contribution in [3.05, 3.63) is 0 Å². The van der Waals surface area contributed by atoms with E-state index in [2.05, 4.69) is 15.0 Å². The molecule has 0 aliphatic rings. The molecule has 0 rings (SSSR count). The van der Waals surface area contributed by atoms with Crippen LogP contribution in [0.2, 0.25) is 0 Å². The summed E-state index contributed by atoms with van der Waals surface area (Å²) in [7, 11) is -3.90. The van der Waals surface area contributed by atoms with Gasteiger partial charge in [0.15, 0.2) is 0 Å². The van der Waals surface area contributed by atoms with E-state index in [1.54, 1.807) is 6.92 Å². The molecular weight excluding hydrogens is 173 g/mol. The van der Waals surface area contributed by atoms with Gasteiger partial charge in [0, 0.05) is 0 Å². The molecule has 5 nitrogen and oxygen atoms in total. The zero-order chi connectivity index (χ0) is 6.62. The third-order valence-corrected chi connectivity index (χ3v) is 1.28. The summed E-state index contributed by atoms with van der Waals surface area (Å²) in [4.78, 5) is 8.31. The van der Waals surface area contributed by atoms with Crippen LogP contribution in [-0.4, -0.2) is 49.2 Å². The Bertz CT molecular complexity index is 109. The van der Waals surface area contributed by atoms with E-state index in [4.69, 9.17) is 4.89 Å². The fraction of sp³-hybridized carbons (Fsp3) is 1.00. The molecule has 7 heteroatoms. The Balaban J connectivity index is 0. The monoisotopic (exact) mass is 183 g/mol. The van der Waals surface area contributed by atoms with Crippen LogP contribution < -0.4 is 5.90 Å². The molecule has 0 aliphatic carbocycles. The predicted octanol–water partition coefficient (Wildman–Crippen LogP) is -0.903. The van der Waals surface area contributed by atoms with Crippen molar-refractivity contribution >= 4 is 45.6 Å². The minimum absolute atomic E-state index is 0. The summed E-state index contributed by atoms with van der Waals surface area (Å²) in [5, 5.41) is 0. The normalized spacial score (nSPS) is 15.9. The van der Waals surface area contributed by atoms with Crippen molar-refractivity contribution in [3.8, 4) is 0 Å². The molecule has 0 fully saturated rings. The topological polar surface area (TPSA) is 81.8 Å². The van der Waals surface area contributed by atoms with Crippen LogP contribution in [0.15, 0.2) is 0 Å². The zero-order valence-corrected chi connectivity index (χ0v) is 5.30. The van der Waals surface area contributed by atoms with Crippen molar-refractivity contribution in [2.24, 2.45) is 5.90 Å². The van der Waals surface area contributed by atoms with Crippen LogP contribution in [-0.2, 0) is 13.7 Å². The van der Waals surface area contributed by atoms with Crippen LogP contribution in [0, 0.1) is 0 Å². The third-order valence-electron chi connectivity index (χ3n) is 0.425. The zero-order valence-electron chi connectivity index (χ0n) is 4.40. The van der Waals surface area contributed by atoms with Gasteiger partial charge in [-0.1, -0.05) is 0 Å². The first-order chi connectivity index (χ1) is 3.62. The number of nitrogens with two attached hydrogens (primary N) is 1. The van der Waals surface area contributed by atoms with Crippen molar-refractivity contribution < 1.29 is 18.6 Å². The maximum absolute atomic E-state index is 10.2. The summed E-state index contributed by atoms with van der Waals surface area (Å²) in [6.07, 6.45) is 0. The van der Waals surface area contributed by atoms with Gasteiger partial charge in [-0.3, -0.25) is 4.52 Å². The van der Waals surface area contributed by atoms with Crippen LogP contribution in [0.5, 0.6) is 0 Å². The Morgan fingerprint density at radius 2 is 2.22 bits per heavy atom. The van der Waals surface area contributed by atoms with Gasteiger partial charge in [0.25, 0.3) is 0 Å². The van der Waals surface area contributed by atoms with Gasteiger partial charge < -0.3 is 4.89 Å². The van der Waals surface area contributed by atoms with Gasteiger partial charge >= 0.3 is 45.6 Å². The fourth-order valence-electron chi connectivity index (χ4n) is 0.194. The van der Waals surface area contributed by atoms with Crippen molar-refractivity contribution in [3.63, 3.8) is 0 Å². The van der Waals surface area contributed by atoms with E-state index in [1.165, 1.54) is 0 Å². The molecule has 0 heterocycles. The maximum atomic E-state index is 10.2. The molecule has 0 aliphatic heterocycles. The van der Waals surface area contributed by atoms with E-state index in [1.807, 2.05) is 0 Å². The molecule has 1 unspecified atom stereocenters. The van der Waals surface area contributed by atoms with Gasteiger partial charge in [-0.2, -0.15) is 0 Å². The molecule has 0 spiro atoms. The summed E-state index contributed by atoms with van der Waals surface area (Å²) in [5.74, 6) is 4.35. The summed E-state index contributed by atoms with van der Waals surface area (Å²) < 4.78 is 17.9. The van der Waals surface area contributed by atoms with Crippen LogP contribution in [0.4, 0.5) is 0 Å². The average molecular weight is 183 g/mol. The Morgan fingerprint density at radius 1 is 1.78 bits per heavy atom. The molecule has 0 amide bonds. The van der Waals surface area contributed by atoms with Crippen molar-refractivity contribution in [1.82, 2.24) is 0 Å². The van der Waals surface area contributed by atoms with E-state index < -0.39 is 7.82 Å². The molecular formula is C2H10CaNO4P. The molecule has 0 saturated carbocycles. The second-order valence-corrected chi connectivity index (χ2v) is 2.40. The van der Waals surface area contributed by atoms with Crippen LogP contribution in [0.1, 0.15) is 6.92 Å². The van der Waals surface area contributed by atoms with E-state index in [9.17, 15) is 4.57 Å². The predicted molar refractivity (Wildman–Crippen MR) is 35.3 cm³/mol. The number of hydrogen-bond acceptors (Lipinski definition) is 4. The molecule has 1 atom stereocenters. The van der Waals surface area contributed by atoms with Crippen molar-refractivity contribution in [2.75, 3.05) is 6.61 Å². The number of hydrogen-bond donors (Lipinski definition) is 2. The Labute approximate surface area is 83.1 Å². The van der Waals surface area contributed by atoms with Crippen LogP contribution >= 0.6 is 7.82 Å². The van der Waals surface area contributed by atoms with Gasteiger partial charge in [-0.25, -0.2) is 15.1 Å².